The van der Waals surface area contributed by atoms with Gasteiger partial charge in [0, 0.05) is 24.7 Å². The van der Waals surface area contributed by atoms with Crippen LogP contribution in [-0.2, 0) is 11.3 Å². The van der Waals surface area contributed by atoms with Crippen molar-refractivity contribution >= 4 is 0 Å². The van der Waals surface area contributed by atoms with Gasteiger partial charge in [0.1, 0.15) is 11.5 Å². The van der Waals surface area contributed by atoms with E-state index in [1.54, 1.807) is 14.2 Å². The molecule has 1 rings (SSSR count). The standard InChI is InChI=1S/C15H23NO3/c1-4-5-9-19-10-8-16-12-13-6-7-14(17-2)11-15(13)18-3/h4,6-7,11,16H,1,5,8-10,12H2,2-3H3. The highest BCUT2D eigenvalue weighted by Gasteiger charge is 2.04. The Hall–Kier alpha value is -1.52. The molecule has 4 heteroatoms. The van der Waals surface area contributed by atoms with Crippen molar-refractivity contribution in [1.29, 1.82) is 0 Å². The van der Waals surface area contributed by atoms with E-state index in [1.807, 2.05) is 24.3 Å². The van der Waals surface area contributed by atoms with Gasteiger partial charge in [-0.25, -0.2) is 0 Å². The first-order valence-corrected chi connectivity index (χ1v) is 6.42. The Morgan fingerprint density at radius 1 is 1.21 bits per heavy atom. The molecule has 1 N–H and O–H groups in total. The summed E-state index contributed by atoms with van der Waals surface area (Å²) in [6, 6.07) is 5.82. The molecule has 19 heavy (non-hydrogen) atoms. The zero-order valence-electron chi connectivity index (χ0n) is 11.8. The maximum atomic E-state index is 5.42. The fourth-order valence-electron chi connectivity index (χ4n) is 1.63. The highest BCUT2D eigenvalue weighted by Crippen LogP contribution is 2.24. The van der Waals surface area contributed by atoms with Crippen LogP contribution in [0.4, 0.5) is 0 Å². The van der Waals surface area contributed by atoms with Crippen molar-refractivity contribution < 1.29 is 14.2 Å². The van der Waals surface area contributed by atoms with E-state index >= 15 is 0 Å². The van der Waals surface area contributed by atoms with E-state index in [-0.39, 0.29) is 0 Å². The number of ether oxygens (including phenoxy) is 3. The first-order valence-electron chi connectivity index (χ1n) is 6.42. The molecule has 4 nitrogen and oxygen atoms in total. The van der Waals surface area contributed by atoms with Gasteiger partial charge in [0.25, 0.3) is 0 Å². The summed E-state index contributed by atoms with van der Waals surface area (Å²) in [6.07, 6.45) is 2.75. The maximum Gasteiger partial charge on any atom is 0.127 e. The monoisotopic (exact) mass is 265 g/mol. The van der Waals surface area contributed by atoms with Crippen molar-refractivity contribution in [2.45, 2.75) is 13.0 Å². The molecule has 0 saturated heterocycles. The quantitative estimate of drug-likeness (QED) is 0.521. The lowest BCUT2D eigenvalue weighted by molar-refractivity contribution is 0.140. The first kappa shape index (κ1) is 15.5. The molecule has 1 aromatic carbocycles. The lowest BCUT2D eigenvalue weighted by Crippen LogP contribution is -2.19. The number of hydrogen-bond acceptors (Lipinski definition) is 4. The number of benzene rings is 1. The predicted molar refractivity (Wildman–Crippen MR) is 76.9 cm³/mol. The van der Waals surface area contributed by atoms with E-state index in [4.69, 9.17) is 14.2 Å². The Bertz CT molecular complexity index is 380. The van der Waals surface area contributed by atoms with E-state index < -0.39 is 0 Å². The van der Waals surface area contributed by atoms with Crippen LogP contribution in [0.5, 0.6) is 11.5 Å². The summed E-state index contributed by atoms with van der Waals surface area (Å²) in [7, 11) is 3.31. The molecule has 0 spiro atoms. The van der Waals surface area contributed by atoms with Crippen LogP contribution in [0, 0.1) is 0 Å². The first-order chi connectivity index (χ1) is 9.31. The highest BCUT2D eigenvalue weighted by molar-refractivity contribution is 5.40. The Labute approximate surface area is 115 Å². The minimum Gasteiger partial charge on any atom is -0.497 e. The molecule has 0 heterocycles. The highest BCUT2D eigenvalue weighted by atomic mass is 16.5. The summed E-state index contributed by atoms with van der Waals surface area (Å²) >= 11 is 0. The summed E-state index contributed by atoms with van der Waals surface area (Å²) in [4.78, 5) is 0. The smallest absolute Gasteiger partial charge is 0.127 e. The topological polar surface area (TPSA) is 39.7 Å². The molecule has 0 radical (unpaired) electrons. The zero-order chi connectivity index (χ0) is 13.9. The van der Waals surface area contributed by atoms with Crippen LogP contribution in [0.25, 0.3) is 0 Å². The second-order valence-electron chi connectivity index (χ2n) is 4.04. The van der Waals surface area contributed by atoms with E-state index in [9.17, 15) is 0 Å². The second-order valence-corrected chi connectivity index (χ2v) is 4.04. The number of methoxy groups -OCH3 is 2. The van der Waals surface area contributed by atoms with Crippen LogP contribution in [0.3, 0.4) is 0 Å². The van der Waals surface area contributed by atoms with Crippen molar-refractivity contribution in [3.8, 4) is 11.5 Å². The van der Waals surface area contributed by atoms with Gasteiger partial charge in [0.05, 0.1) is 27.4 Å². The summed E-state index contributed by atoms with van der Waals surface area (Å²) in [6.45, 7) is 6.64. The van der Waals surface area contributed by atoms with Crippen LogP contribution in [0.2, 0.25) is 0 Å². The lowest BCUT2D eigenvalue weighted by atomic mass is 10.2. The van der Waals surface area contributed by atoms with Crippen molar-refractivity contribution in [3.05, 3.63) is 36.4 Å². The van der Waals surface area contributed by atoms with E-state index in [0.717, 1.165) is 43.2 Å². The molecule has 0 aromatic heterocycles. The molecule has 106 valence electrons. The average Bonchev–Trinajstić information content (AvgIpc) is 2.46. The molecule has 0 saturated carbocycles. The molecule has 0 aliphatic carbocycles. The molecule has 0 fully saturated rings. The molecule has 0 atom stereocenters. The van der Waals surface area contributed by atoms with Gasteiger partial charge in [0.15, 0.2) is 0 Å². The molecule has 0 unspecified atom stereocenters. The second kappa shape index (κ2) is 9.42. The van der Waals surface area contributed by atoms with Gasteiger partial charge in [-0.1, -0.05) is 12.1 Å². The van der Waals surface area contributed by atoms with Crippen molar-refractivity contribution in [2.75, 3.05) is 34.0 Å². The normalized spacial score (nSPS) is 10.2. The van der Waals surface area contributed by atoms with E-state index in [0.29, 0.717) is 6.61 Å². The zero-order valence-corrected chi connectivity index (χ0v) is 11.8. The third-order valence-electron chi connectivity index (χ3n) is 2.70. The van der Waals surface area contributed by atoms with Crippen LogP contribution >= 0.6 is 0 Å². The lowest BCUT2D eigenvalue weighted by Gasteiger charge is -2.11. The van der Waals surface area contributed by atoms with Crippen molar-refractivity contribution in [1.82, 2.24) is 5.32 Å². The minimum atomic E-state index is 0.701. The van der Waals surface area contributed by atoms with Gasteiger partial charge in [-0.05, 0) is 12.5 Å². The number of nitrogens with one attached hydrogen (secondary N) is 1. The van der Waals surface area contributed by atoms with Gasteiger partial charge in [-0.2, -0.15) is 0 Å². The summed E-state index contributed by atoms with van der Waals surface area (Å²) in [5.41, 5.74) is 1.11. The van der Waals surface area contributed by atoms with Crippen LogP contribution in [0.15, 0.2) is 30.9 Å². The molecule has 0 aliphatic rings. The number of rotatable bonds is 10. The third kappa shape index (κ3) is 5.77. The summed E-state index contributed by atoms with van der Waals surface area (Å²) in [5.74, 6) is 1.63. The maximum absolute atomic E-state index is 5.42. The van der Waals surface area contributed by atoms with Gasteiger partial charge in [-0.3, -0.25) is 0 Å². The largest absolute Gasteiger partial charge is 0.497 e. The fourth-order valence-corrected chi connectivity index (χ4v) is 1.63. The van der Waals surface area contributed by atoms with Gasteiger partial charge >= 0.3 is 0 Å². The van der Waals surface area contributed by atoms with Crippen molar-refractivity contribution in [2.24, 2.45) is 0 Å². The molecule has 0 amide bonds. The number of hydrogen-bond donors (Lipinski definition) is 1. The molecular formula is C15H23NO3. The summed E-state index contributed by atoms with van der Waals surface area (Å²) in [5, 5.41) is 3.32. The fraction of sp³-hybridized carbons (Fsp3) is 0.467. The molecular weight excluding hydrogens is 242 g/mol. The average molecular weight is 265 g/mol. The molecule has 1 aromatic rings. The van der Waals surface area contributed by atoms with Crippen molar-refractivity contribution in [3.63, 3.8) is 0 Å². The van der Waals surface area contributed by atoms with Gasteiger partial charge < -0.3 is 19.5 Å². The SMILES string of the molecule is C=CCCOCCNCc1ccc(OC)cc1OC. The van der Waals surface area contributed by atoms with Gasteiger partial charge in [-0.15, -0.1) is 6.58 Å². The Balaban J connectivity index is 2.30. The summed E-state index contributed by atoms with van der Waals surface area (Å²) < 4.78 is 15.9. The Morgan fingerprint density at radius 2 is 2.05 bits per heavy atom. The predicted octanol–water partition coefficient (Wildman–Crippen LogP) is 2.39. The Morgan fingerprint density at radius 3 is 2.74 bits per heavy atom. The minimum absolute atomic E-state index is 0.701. The molecule has 0 bridgehead atoms. The van der Waals surface area contributed by atoms with Crippen LogP contribution < -0.4 is 14.8 Å². The van der Waals surface area contributed by atoms with E-state index in [2.05, 4.69) is 11.9 Å². The van der Waals surface area contributed by atoms with Gasteiger partial charge in [0.2, 0.25) is 0 Å². The van der Waals surface area contributed by atoms with Crippen LogP contribution in [-0.4, -0.2) is 34.0 Å². The molecule has 0 aliphatic heterocycles. The van der Waals surface area contributed by atoms with Crippen LogP contribution in [0.1, 0.15) is 12.0 Å². The van der Waals surface area contributed by atoms with E-state index in [1.165, 1.54) is 0 Å². The Kier molecular flexibility index (Phi) is 7.70. The third-order valence-corrected chi connectivity index (χ3v) is 2.70.